The zero-order chi connectivity index (χ0) is 22.8. The van der Waals surface area contributed by atoms with Gasteiger partial charge >= 0.3 is 5.97 Å². The van der Waals surface area contributed by atoms with Crippen LogP contribution in [-0.2, 0) is 30.3 Å². The summed E-state index contributed by atoms with van der Waals surface area (Å²) in [7, 11) is 0. The molecule has 0 bridgehead atoms. The molecule has 1 aromatic carbocycles. The van der Waals surface area contributed by atoms with E-state index >= 15 is 0 Å². The molecule has 2 heterocycles. The molecule has 0 spiro atoms. The van der Waals surface area contributed by atoms with Gasteiger partial charge in [0.25, 0.3) is 5.91 Å². The van der Waals surface area contributed by atoms with Crippen LogP contribution in [0.3, 0.4) is 0 Å². The van der Waals surface area contributed by atoms with Crippen LogP contribution in [0.1, 0.15) is 33.3 Å². The van der Waals surface area contributed by atoms with Crippen LogP contribution in [0.15, 0.2) is 41.6 Å². The Bertz CT molecular complexity index is 924. The molecule has 1 unspecified atom stereocenters. The molecule has 9 heteroatoms. The molecule has 31 heavy (non-hydrogen) atoms. The van der Waals surface area contributed by atoms with Gasteiger partial charge in [0.15, 0.2) is 0 Å². The number of amides is 2. The Morgan fingerprint density at radius 1 is 1.23 bits per heavy atom. The van der Waals surface area contributed by atoms with Crippen molar-refractivity contribution in [2.75, 3.05) is 12.5 Å². The van der Waals surface area contributed by atoms with Crippen LogP contribution in [-0.4, -0.2) is 51.7 Å². The van der Waals surface area contributed by atoms with Crippen molar-refractivity contribution in [1.29, 1.82) is 0 Å². The largest absolute Gasteiger partial charge is 0.445 e. The maximum absolute atomic E-state index is 12.8. The third kappa shape index (κ3) is 5.27. The van der Waals surface area contributed by atoms with E-state index in [1.807, 2.05) is 37.3 Å². The third-order valence-electron chi connectivity index (χ3n) is 4.87. The van der Waals surface area contributed by atoms with Crippen molar-refractivity contribution in [3.05, 3.63) is 47.2 Å². The summed E-state index contributed by atoms with van der Waals surface area (Å²) < 4.78 is 10.6. The van der Waals surface area contributed by atoms with Gasteiger partial charge in [0.2, 0.25) is 17.8 Å². The summed E-state index contributed by atoms with van der Waals surface area (Å²) in [5.41, 5.74) is 1.65. The maximum Gasteiger partial charge on any atom is 0.314 e. The Kier molecular flexibility index (Phi) is 7.06. The number of thioether (sulfide) groups is 1. The van der Waals surface area contributed by atoms with E-state index in [9.17, 15) is 14.4 Å². The monoisotopic (exact) mass is 462 g/mol. The van der Waals surface area contributed by atoms with Crippen molar-refractivity contribution in [2.24, 2.45) is 5.41 Å². The van der Waals surface area contributed by atoms with Crippen LogP contribution in [0.4, 0.5) is 0 Å². The first kappa shape index (κ1) is 23.3. The van der Waals surface area contributed by atoms with E-state index in [2.05, 4.69) is 5.32 Å². The molecule has 2 atom stereocenters. The molecule has 7 nitrogen and oxygen atoms in total. The summed E-state index contributed by atoms with van der Waals surface area (Å²) in [5.74, 6) is -0.185. The molecule has 166 valence electrons. The van der Waals surface area contributed by atoms with E-state index in [1.165, 1.54) is 0 Å². The molecular weight excluding hydrogens is 436 g/mol. The second-order valence-corrected chi connectivity index (χ2v) is 9.95. The van der Waals surface area contributed by atoms with Crippen molar-refractivity contribution < 1.29 is 23.9 Å². The van der Waals surface area contributed by atoms with Gasteiger partial charge in [-0.2, -0.15) is 0 Å². The number of hydrogen-bond acceptors (Lipinski definition) is 7. The number of thiocarbonyl (C=S) groups is 1. The van der Waals surface area contributed by atoms with Crippen molar-refractivity contribution in [1.82, 2.24) is 10.2 Å². The number of esters is 1. The normalized spacial score (nSPS) is 20.5. The van der Waals surface area contributed by atoms with E-state index in [0.717, 1.165) is 11.1 Å². The Hall–Kier alpha value is -2.39. The summed E-state index contributed by atoms with van der Waals surface area (Å²) >= 11 is 6.93. The number of nitrogens with zero attached hydrogens (tertiary/aromatic N) is 1. The SMILES string of the molecule is CC1=C(C(=S)OCOC(=O)C(C)(C)C)N2C(=O)C(NC(=O)Cc3ccccc3)[C@H]2SC1. The number of β-lactam (4-membered cyclic amide) rings is 1. The average Bonchev–Trinajstić information content (AvgIpc) is 2.71. The van der Waals surface area contributed by atoms with Gasteiger partial charge in [0.1, 0.15) is 11.4 Å². The lowest BCUT2D eigenvalue weighted by Gasteiger charge is -2.50. The van der Waals surface area contributed by atoms with Crippen LogP contribution in [0.25, 0.3) is 0 Å². The Labute approximate surface area is 191 Å². The minimum Gasteiger partial charge on any atom is -0.445 e. The number of benzene rings is 1. The number of hydrogen-bond donors (Lipinski definition) is 1. The maximum atomic E-state index is 12.8. The summed E-state index contributed by atoms with van der Waals surface area (Å²) in [4.78, 5) is 38.7. The van der Waals surface area contributed by atoms with E-state index < -0.39 is 17.4 Å². The minimum atomic E-state index is -0.647. The molecule has 1 saturated heterocycles. The molecule has 0 aromatic heterocycles. The smallest absolute Gasteiger partial charge is 0.314 e. The average molecular weight is 463 g/mol. The predicted molar refractivity (Wildman–Crippen MR) is 122 cm³/mol. The number of rotatable bonds is 6. The third-order valence-corrected chi connectivity index (χ3v) is 6.60. The second kappa shape index (κ2) is 9.40. The highest BCUT2D eigenvalue weighted by atomic mass is 32.2. The van der Waals surface area contributed by atoms with Gasteiger partial charge in [-0.1, -0.05) is 30.3 Å². The zero-order valence-corrected chi connectivity index (χ0v) is 19.6. The van der Waals surface area contributed by atoms with Crippen LogP contribution < -0.4 is 5.32 Å². The molecule has 1 fully saturated rings. The van der Waals surface area contributed by atoms with Crippen LogP contribution >= 0.6 is 24.0 Å². The highest BCUT2D eigenvalue weighted by molar-refractivity contribution is 8.00. The van der Waals surface area contributed by atoms with Gasteiger partial charge in [-0.3, -0.25) is 19.3 Å². The molecule has 0 radical (unpaired) electrons. The van der Waals surface area contributed by atoms with E-state index in [0.29, 0.717) is 11.4 Å². The number of ether oxygens (including phenoxy) is 2. The fourth-order valence-electron chi connectivity index (χ4n) is 3.19. The van der Waals surface area contributed by atoms with E-state index in [1.54, 1.807) is 37.4 Å². The highest BCUT2D eigenvalue weighted by Gasteiger charge is 2.53. The molecule has 0 saturated carbocycles. The first-order valence-corrected chi connectivity index (χ1v) is 11.4. The number of carbonyl (C=O) groups excluding carboxylic acids is 3. The fraction of sp³-hybridized carbons (Fsp3) is 0.455. The standard InChI is InChI=1S/C22H26N2O5S2/c1-13-11-31-19-16(23-15(25)10-14-8-6-5-7-9-14)18(26)24(19)17(13)20(30)28-12-29-21(27)22(2,3)4/h5-9,16,19H,10-12H2,1-4H3,(H,23,25)/t16?,19-/m1/s1. The second-order valence-electron chi connectivity index (χ2n) is 8.48. The molecule has 2 aliphatic rings. The zero-order valence-electron chi connectivity index (χ0n) is 18.0. The van der Waals surface area contributed by atoms with Crippen molar-refractivity contribution in [3.63, 3.8) is 0 Å². The Balaban J connectivity index is 1.58. The van der Waals surface area contributed by atoms with Gasteiger partial charge in [-0.25, -0.2) is 0 Å². The number of nitrogens with one attached hydrogen (secondary N) is 1. The van der Waals surface area contributed by atoms with Crippen LogP contribution in [0, 0.1) is 5.41 Å². The molecule has 2 aliphatic heterocycles. The quantitative estimate of drug-likeness (QED) is 0.301. The van der Waals surface area contributed by atoms with Crippen molar-refractivity contribution in [3.8, 4) is 0 Å². The summed E-state index contributed by atoms with van der Waals surface area (Å²) in [5, 5.41) is 2.69. The van der Waals surface area contributed by atoms with Gasteiger partial charge < -0.3 is 14.8 Å². The topological polar surface area (TPSA) is 84.9 Å². The summed E-state index contributed by atoms with van der Waals surface area (Å²) in [6.07, 6.45) is 0.213. The lowest BCUT2D eigenvalue weighted by Crippen LogP contribution is -2.70. The molecule has 0 aliphatic carbocycles. The van der Waals surface area contributed by atoms with Crippen LogP contribution in [0.2, 0.25) is 0 Å². The van der Waals surface area contributed by atoms with Crippen molar-refractivity contribution >= 4 is 46.8 Å². The predicted octanol–water partition coefficient (Wildman–Crippen LogP) is 2.79. The lowest BCUT2D eigenvalue weighted by atomic mass is 9.98. The molecule has 1 N–H and O–H groups in total. The first-order chi connectivity index (χ1) is 14.6. The summed E-state index contributed by atoms with van der Waals surface area (Å²) in [6.45, 7) is 6.80. The first-order valence-electron chi connectivity index (χ1n) is 9.91. The van der Waals surface area contributed by atoms with Crippen LogP contribution in [0.5, 0.6) is 0 Å². The summed E-state index contributed by atoms with van der Waals surface area (Å²) in [6, 6.07) is 8.77. The van der Waals surface area contributed by atoms with Gasteiger partial charge in [0, 0.05) is 5.75 Å². The van der Waals surface area contributed by atoms with E-state index in [4.69, 9.17) is 21.7 Å². The van der Waals surface area contributed by atoms with Gasteiger partial charge in [-0.15, -0.1) is 11.8 Å². The molecule has 1 aromatic rings. The fourth-order valence-corrected chi connectivity index (χ4v) is 4.80. The Morgan fingerprint density at radius 3 is 2.55 bits per heavy atom. The number of carbonyl (C=O) groups is 3. The van der Waals surface area contributed by atoms with Gasteiger partial charge in [-0.05, 0) is 51.0 Å². The van der Waals surface area contributed by atoms with Crippen molar-refractivity contribution in [2.45, 2.75) is 45.5 Å². The lowest BCUT2D eigenvalue weighted by molar-refractivity contribution is -0.160. The highest BCUT2D eigenvalue weighted by Crippen LogP contribution is 2.40. The molecule has 2 amide bonds. The Morgan fingerprint density at radius 2 is 1.90 bits per heavy atom. The van der Waals surface area contributed by atoms with E-state index in [-0.39, 0.29) is 35.5 Å². The molecule has 3 rings (SSSR count). The number of fused-ring (bicyclic) bond motifs is 1. The minimum absolute atomic E-state index is 0.104. The van der Waals surface area contributed by atoms with Gasteiger partial charge in [0.05, 0.1) is 17.5 Å². The molecular formula is C22H26N2O5S2.